The number of ketones is 2. The van der Waals surface area contributed by atoms with Gasteiger partial charge in [-0.1, -0.05) is 41.5 Å². The lowest BCUT2D eigenvalue weighted by atomic mass is 9.73. The Kier molecular flexibility index (Phi) is 5.14. The molecule has 1 fully saturated rings. The van der Waals surface area contributed by atoms with Crippen molar-refractivity contribution in [1.82, 2.24) is 0 Å². The number of carbonyl (C=O) groups excluding carboxylic acids is 2. The fourth-order valence-electron chi connectivity index (χ4n) is 2.54. The molecule has 1 saturated heterocycles. The van der Waals surface area contributed by atoms with Crippen LogP contribution in [0.1, 0.15) is 48.0 Å². The topological polar surface area (TPSA) is 63.6 Å². The van der Waals surface area contributed by atoms with Crippen molar-refractivity contribution in [3.05, 3.63) is 0 Å². The summed E-state index contributed by atoms with van der Waals surface area (Å²) in [6, 6.07) is 0. The summed E-state index contributed by atoms with van der Waals surface area (Å²) in [4.78, 5) is 24.8. The van der Waals surface area contributed by atoms with E-state index in [1.807, 2.05) is 41.5 Å². The molecule has 0 aromatic rings. The first kappa shape index (κ1) is 17.3. The molecule has 20 heavy (non-hydrogen) atoms. The lowest BCUT2D eigenvalue weighted by Crippen LogP contribution is -2.39. The number of aliphatic hydroxyl groups excluding tert-OH is 1. The molecule has 0 spiro atoms. The molecular formula is C16H28O4. The molecule has 1 N–H and O–H groups in total. The van der Waals surface area contributed by atoms with Crippen molar-refractivity contribution in [3.63, 3.8) is 0 Å². The third kappa shape index (κ3) is 3.89. The molecule has 0 aliphatic carbocycles. The maximum absolute atomic E-state index is 12.6. The molecule has 1 heterocycles. The van der Waals surface area contributed by atoms with Crippen LogP contribution in [0.4, 0.5) is 0 Å². The molecule has 4 heteroatoms. The molecule has 0 bridgehead atoms. The average Bonchev–Trinajstić information content (AvgIpc) is 2.68. The summed E-state index contributed by atoms with van der Waals surface area (Å²) in [5, 5.41) is 9.40. The van der Waals surface area contributed by atoms with Crippen LogP contribution in [0, 0.1) is 22.7 Å². The van der Waals surface area contributed by atoms with Crippen LogP contribution in [0.5, 0.6) is 0 Å². The van der Waals surface area contributed by atoms with E-state index in [1.165, 1.54) is 0 Å². The summed E-state index contributed by atoms with van der Waals surface area (Å²) in [6.07, 6.45) is -0.133. The van der Waals surface area contributed by atoms with Gasteiger partial charge >= 0.3 is 0 Å². The molecule has 0 saturated carbocycles. The molecule has 0 unspecified atom stereocenters. The lowest BCUT2D eigenvalue weighted by Gasteiger charge is -2.28. The summed E-state index contributed by atoms with van der Waals surface area (Å²) >= 11 is 0. The maximum Gasteiger partial charge on any atom is 0.144 e. The maximum atomic E-state index is 12.6. The van der Waals surface area contributed by atoms with E-state index < -0.39 is 16.9 Å². The third-order valence-corrected chi connectivity index (χ3v) is 3.94. The number of Topliss-reactive ketones (excluding diaryl/α,β-unsaturated/α-hetero) is 2. The van der Waals surface area contributed by atoms with Crippen molar-refractivity contribution in [1.29, 1.82) is 0 Å². The number of aliphatic hydroxyl groups is 1. The monoisotopic (exact) mass is 284 g/mol. The number of hydrogen-bond donors (Lipinski definition) is 1. The number of carbonyl (C=O) groups is 2. The Balaban J connectivity index is 2.90. The van der Waals surface area contributed by atoms with Crippen molar-refractivity contribution in [2.24, 2.45) is 22.7 Å². The average molecular weight is 284 g/mol. The molecule has 3 atom stereocenters. The molecule has 1 aliphatic rings. The Morgan fingerprint density at radius 1 is 1.10 bits per heavy atom. The van der Waals surface area contributed by atoms with E-state index in [2.05, 4.69) is 0 Å². The number of rotatable bonds is 4. The van der Waals surface area contributed by atoms with E-state index in [0.717, 1.165) is 0 Å². The van der Waals surface area contributed by atoms with Gasteiger partial charge in [0.25, 0.3) is 0 Å². The quantitative estimate of drug-likeness (QED) is 0.860. The van der Waals surface area contributed by atoms with E-state index in [4.69, 9.17) is 4.74 Å². The van der Waals surface area contributed by atoms with Gasteiger partial charge in [0, 0.05) is 23.2 Å². The first-order valence-electron chi connectivity index (χ1n) is 7.28. The van der Waals surface area contributed by atoms with Crippen LogP contribution < -0.4 is 0 Å². The Morgan fingerprint density at radius 3 is 2.05 bits per heavy atom. The van der Waals surface area contributed by atoms with Gasteiger partial charge in [-0.25, -0.2) is 0 Å². The minimum atomic E-state index is -0.491. The minimum absolute atomic E-state index is 0.0701. The van der Waals surface area contributed by atoms with Crippen LogP contribution in [0.3, 0.4) is 0 Å². The molecule has 116 valence electrons. The summed E-state index contributed by atoms with van der Waals surface area (Å²) in [6.45, 7) is 11.5. The van der Waals surface area contributed by atoms with E-state index in [0.29, 0.717) is 13.0 Å². The highest BCUT2D eigenvalue weighted by atomic mass is 16.5. The zero-order valence-corrected chi connectivity index (χ0v) is 13.5. The third-order valence-electron chi connectivity index (χ3n) is 3.94. The minimum Gasteiger partial charge on any atom is -0.394 e. The van der Waals surface area contributed by atoms with Crippen LogP contribution in [-0.2, 0) is 14.3 Å². The lowest BCUT2D eigenvalue weighted by molar-refractivity contribution is -0.134. The fraction of sp³-hybridized carbons (Fsp3) is 0.875. The van der Waals surface area contributed by atoms with Crippen LogP contribution in [0.15, 0.2) is 0 Å². The van der Waals surface area contributed by atoms with Gasteiger partial charge in [0.05, 0.1) is 25.2 Å². The second-order valence-corrected chi connectivity index (χ2v) is 7.83. The summed E-state index contributed by atoms with van der Waals surface area (Å²) in [5.41, 5.74) is -0.901. The molecular weight excluding hydrogens is 256 g/mol. The Bertz CT molecular complexity index is 373. The predicted octanol–water partition coefficient (Wildman–Crippen LogP) is 2.23. The van der Waals surface area contributed by atoms with Crippen LogP contribution >= 0.6 is 0 Å². The van der Waals surface area contributed by atoms with E-state index in [-0.39, 0.29) is 30.0 Å². The van der Waals surface area contributed by atoms with Crippen molar-refractivity contribution >= 4 is 11.6 Å². The SMILES string of the molecule is CC(C)(C)C(=O)C[C@@H]1CO[C@H](CO)[C@H]1C(=O)C(C)(C)C. The Labute approximate surface area is 121 Å². The van der Waals surface area contributed by atoms with Crippen molar-refractivity contribution in [3.8, 4) is 0 Å². The fourth-order valence-corrected chi connectivity index (χ4v) is 2.54. The van der Waals surface area contributed by atoms with Crippen molar-refractivity contribution in [2.75, 3.05) is 13.2 Å². The van der Waals surface area contributed by atoms with Gasteiger partial charge in [-0.15, -0.1) is 0 Å². The van der Waals surface area contributed by atoms with Gasteiger partial charge in [0.2, 0.25) is 0 Å². The second-order valence-electron chi connectivity index (χ2n) is 7.83. The highest BCUT2D eigenvalue weighted by molar-refractivity contribution is 5.89. The smallest absolute Gasteiger partial charge is 0.144 e. The second kappa shape index (κ2) is 5.94. The molecule has 0 aromatic heterocycles. The van der Waals surface area contributed by atoms with Crippen LogP contribution in [0.25, 0.3) is 0 Å². The summed E-state index contributed by atoms with van der Waals surface area (Å²) in [5.74, 6) is -0.297. The van der Waals surface area contributed by atoms with Crippen LogP contribution in [0.2, 0.25) is 0 Å². The van der Waals surface area contributed by atoms with Gasteiger partial charge < -0.3 is 9.84 Å². The van der Waals surface area contributed by atoms with E-state index in [1.54, 1.807) is 0 Å². The molecule has 4 nitrogen and oxygen atoms in total. The van der Waals surface area contributed by atoms with Gasteiger partial charge in [-0.3, -0.25) is 9.59 Å². The van der Waals surface area contributed by atoms with Gasteiger partial charge in [0.1, 0.15) is 11.6 Å². The first-order valence-corrected chi connectivity index (χ1v) is 7.28. The summed E-state index contributed by atoms with van der Waals surface area (Å²) in [7, 11) is 0. The van der Waals surface area contributed by atoms with Gasteiger partial charge in [-0.2, -0.15) is 0 Å². The summed E-state index contributed by atoms with van der Waals surface area (Å²) < 4.78 is 5.53. The first-order chi connectivity index (χ1) is 8.98. The highest BCUT2D eigenvalue weighted by Crippen LogP contribution is 2.37. The predicted molar refractivity (Wildman–Crippen MR) is 77.3 cm³/mol. The zero-order chi connectivity index (χ0) is 15.7. The largest absolute Gasteiger partial charge is 0.394 e. The van der Waals surface area contributed by atoms with Crippen molar-refractivity contribution < 1.29 is 19.4 Å². The normalized spacial score (nSPS) is 27.6. The van der Waals surface area contributed by atoms with Gasteiger partial charge in [-0.05, 0) is 0 Å². The van der Waals surface area contributed by atoms with E-state index in [9.17, 15) is 14.7 Å². The van der Waals surface area contributed by atoms with Crippen molar-refractivity contribution in [2.45, 2.75) is 54.1 Å². The number of hydrogen-bond acceptors (Lipinski definition) is 4. The molecule has 0 amide bonds. The number of ether oxygens (including phenoxy) is 1. The zero-order valence-electron chi connectivity index (χ0n) is 13.5. The van der Waals surface area contributed by atoms with E-state index >= 15 is 0 Å². The molecule has 0 radical (unpaired) electrons. The van der Waals surface area contributed by atoms with Crippen LogP contribution in [-0.4, -0.2) is 36.0 Å². The molecule has 1 rings (SSSR count). The molecule has 0 aromatic carbocycles. The Hall–Kier alpha value is -0.740. The highest BCUT2D eigenvalue weighted by Gasteiger charge is 2.46. The van der Waals surface area contributed by atoms with Gasteiger partial charge in [0.15, 0.2) is 0 Å². The Morgan fingerprint density at radius 2 is 1.65 bits per heavy atom. The molecule has 1 aliphatic heterocycles. The standard InChI is InChI=1S/C16H28O4/c1-15(2,3)12(18)7-10-9-20-11(8-17)13(10)14(19)16(4,5)6/h10-11,13,17H,7-9H2,1-6H3/t10-,11-,13+/m1/s1.